The Bertz CT molecular complexity index is 822. The number of esters is 2. The fourth-order valence-corrected chi connectivity index (χ4v) is 4.05. The molecule has 2 aliphatic heterocycles. The Labute approximate surface area is 182 Å². The first-order valence-corrected chi connectivity index (χ1v) is 11.0. The van der Waals surface area contributed by atoms with Crippen LogP contribution in [0.4, 0.5) is 5.69 Å². The molecule has 1 aromatic rings. The van der Waals surface area contributed by atoms with Crippen LogP contribution in [0.1, 0.15) is 56.3 Å². The molecule has 2 saturated heterocycles. The second kappa shape index (κ2) is 10.5. The number of anilines is 1. The summed E-state index contributed by atoms with van der Waals surface area (Å²) in [6, 6.07) is 5.73. The van der Waals surface area contributed by atoms with Gasteiger partial charge in [0.15, 0.2) is 0 Å². The number of ether oxygens (including phenoxy) is 2. The van der Waals surface area contributed by atoms with Crippen LogP contribution in [-0.2, 0) is 23.9 Å². The zero-order valence-corrected chi connectivity index (χ0v) is 18.2. The lowest BCUT2D eigenvalue weighted by Gasteiger charge is -2.34. The molecule has 8 nitrogen and oxygen atoms in total. The highest BCUT2D eigenvalue weighted by Crippen LogP contribution is 2.29. The van der Waals surface area contributed by atoms with Crippen LogP contribution in [-0.4, -0.2) is 61.0 Å². The van der Waals surface area contributed by atoms with E-state index in [2.05, 4.69) is 0 Å². The summed E-state index contributed by atoms with van der Waals surface area (Å²) in [6.45, 7) is 5.55. The smallest absolute Gasteiger partial charge is 0.338 e. The monoisotopic (exact) mass is 430 g/mol. The summed E-state index contributed by atoms with van der Waals surface area (Å²) in [6.07, 6.45) is 3.31. The first-order valence-electron chi connectivity index (χ1n) is 11.0. The van der Waals surface area contributed by atoms with Gasteiger partial charge in [0.05, 0.1) is 42.8 Å². The third-order valence-corrected chi connectivity index (χ3v) is 5.73. The second-order valence-corrected chi connectivity index (χ2v) is 7.91. The lowest BCUT2D eigenvalue weighted by Crippen LogP contribution is -2.48. The standard InChI is InChI=1S/C23H30N2O6/c1-3-5-13-31-22(28)16-8-10-18(11-9-16)25-20(26)14-19(21(25)27)24-12-6-7-17(15-24)23(29)30-4-2/h8-11,17,19H,3-7,12-15H2,1-2H3/t17-,19+/m0/s1. The lowest BCUT2D eigenvalue weighted by molar-refractivity contribution is -0.150. The number of piperidine rings is 1. The molecule has 3 rings (SSSR count). The number of hydrogen-bond donors (Lipinski definition) is 0. The molecule has 31 heavy (non-hydrogen) atoms. The first kappa shape index (κ1) is 22.9. The molecular weight excluding hydrogens is 400 g/mol. The summed E-state index contributed by atoms with van der Waals surface area (Å²) >= 11 is 0. The lowest BCUT2D eigenvalue weighted by atomic mass is 9.96. The fourth-order valence-electron chi connectivity index (χ4n) is 4.05. The van der Waals surface area contributed by atoms with Crippen molar-refractivity contribution in [2.75, 3.05) is 31.2 Å². The third kappa shape index (κ3) is 5.31. The number of carbonyl (C=O) groups excluding carboxylic acids is 4. The van der Waals surface area contributed by atoms with Crippen molar-refractivity contribution in [3.63, 3.8) is 0 Å². The molecule has 1 aromatic carbocycles. The molecule has 0 unspecified atom stereocenters. The molecule has 168 valence electrons. The zero-order chi connectivity index (χ0) is 22.4. The minimum absolute atomic E-state index is 0.0786. The van der Waals surface area contributed by atoms with Crippen molar-refractivity contribution < 1.29 is 28.7 Å². The quantitative estimate of drug-likeness (QED) is 0.355. The first-order chi connectivity index (χ1) is 15.0. The SMILES string of the molecule is CCCCOC(=O)c1ccc(N2C(=O)C[C@@H](N3CCC[C@H](C(=O)OCC)C3)C2=O)cc1. The van der Waals surface area contributed by atoms with Gasteiger partial charge < -0.3 is 9.47 Å². The van der Waals surface area contributed by atoms with Crippen molar-refractivity contribution in [3.05, 3.63) is 29.8 Å². The third-order valence-electron chi connectivity index (χ3n) is 5.73. The van der Waals surface area contributed by atoms with E-state index in [0.717, 1.165) is 25.7 Å². The Morgan fingerprint density at radius 1 is 1.10 bits per heavy atom. The molecule has 2 heterocycles. The number of amides is 2. The zero-order valence-electron chi connectivity index (χ0n) is 18.2. The highest BCUT2D eigenvalue weighted by molar-refractivity contribution is 6.22. The molecule has 0 saturated carbocycles. The Balaban J connectivity index is 1.66. The molecular formula is C23H30N2O6. The Kier molecular flexibility index (Phi) is 7.79. The number of carbonyl (C=O) groups is 4. The van der Waals surface area contributed by atoms with Crippen molar-refractivity contribution >= 4 is 29.4 Å². The van der Waals surface area contributed by atoms with Crippen LogP contribution in [0, 0.1) is 5.92 Å². The van der Waals surface area contributed by atoms with Crippen molar-refractivity contribution in [1.29, 1.82) is 0 Å². The molecule has 2 atom stereocenters. The number of hydrogen-bond acceptors (Lipinski definition) is 7. The number of rotatable bonds is 8. The summed E-state index contributed by atoms with van der Waals surface area (Å²) in [5.74, 6) is -1.53. The van der Waals surface area contributed by atoms with Gasteiger partial charge in [-0.05, 0) is 57.0 Å². The van der Waals surface area contributed by atoms with E-state index in [-0.39, 0.29) is 30.1 Å². The highest BCUT2D eigenvalue weighted by atomic mass is 16.5. The van der Waals surface area contributed by atoms with Crippen LogP contribution in [0.3, 0.4) is 0 Å². The van der Waals surface area contributed by atoms with Crippen LogP contribution in [0.5, 0.6) is 0 Å². The number of benzene rings is 1. The highest BCUT2D eigenvalue weighted by Gasteiger charge is 2.44. The van der Waals surface area contributed by atoms with E-state index in [1.165, 1.54) is 4.90 Å². The minimum atomic E-state index is -0.580. The number of likely N-dealkylation sites (tertiary alicyclic amines) is 1. The number of imide groups is 1. The van der Waals surface area contributed by atoms with Gasteiger partial charge in [-0.25, -0.2) is 9.69 Å². The summed E-state index contributed by atoms with van der Waals surface area (Å²) in [7, 11) is 0. The molecule has 0 spiro atoms. The van der Waals surface area contributed by atoms with Gasteiger partial charge in [-0.3, -0.25) is 19.3 Å². The molecule has 0 aromatic heterocycles. The summed E-state index contributed by atoms with van der Waals surface area (Å²) < 4.78 is 10.3. The van der Waals surface area contributed by atoms with Gasteiger partial charge in [0, 0.05) is 6.54 Å². The van der Waals surface area contributed by atoms with E-state index in [1.54, 1.807) is 31.2 Å². The average Bonchev–Trinajstić information content (AvgIpc) is 3.08. The number of nitrogens with zero attached hydrogens (tertiary/aromatic N) is 2. The Morgan fingerprint density at radius 3 is 2.52 bits per heavy atom. The molecule has 2 fully saturated rings. The molecule has 2 aliphatic rings. The van der Waals surface area contributed by atoms with Crippen LogP contribution in [0.25, 0.3) is 0 Å². The predicted molar refractivity (Wildman–Crippen MR) is 113 cm³/mol. The predicted octanol–water partition coefficient (Wildman–Crippen LogP) is 2.55. The summed E-state index contributed by atoms with van der Waals surface area (Å²) in [5, 5.41) is 0. The van der Waals surface area contributed by atoms with E-state index in [9.17, 15) is 19.2 Å². The van der Waals surface area contributed by atoms with Gasteiger partial charge in [-0.2, -0.15) is 0 Å². The van der Waals surface area contributed by atoms with Crippen molar-refractivity contribution in [1.82, 2.24) is 4.90 Å². The van der Waals surface area contributed by atoms with Gasteiger partial charge in [-0.1, -0.05) is 13.3 Å². The van der Waals surface area contributed by atoms with Crippen molar-refractivity contribution in [2.24, 2.45) is 5.92 Å². The molecule has 0 radical (unpaired) electrons. The van der Waals surface area contributed by atoms with Gasteiger partial charge in [0.25, 0.3) is 5.91 Å². The van der Waals surface area contributed by atoms with Crippen LogP contribution < -0.4 is 4.90 Å². The second-order valence-electron chi connectivity index (χ2n) is 7.91. The van der Waals surface area contributed by atoms with Crippen molar-refractivity contribution in [3.8, 4) is 0 Å². The normalized spacial score (nSPS) is 21.9. The molecule has 0 bridgehead atoms. The van der Waals surface area contributed by atoms with Gasteiger partial charge >= 0.3 is 11.9 Å². The largest absolute Gasteiger partial charge is 0.466 e. The van der Waals surface area contributed by atoms with E-state index in [0.29, 0.717) is 37.6 Å². The Morgan fingerprint density at radius 2 is 1.84 bits per heavy atom. The minimum Gasteiger partial charge on any atom is -0.466 e. The molecule has 8 heteroatoms. The van der Waals surface area contributed by atoms with Crippen LogP contribution >= 0.6 is 0 Å². The van der Waals surface area contributed by atoms with Gasteiger partial charge in [0.2, 0.25) is 5.91 Å². The molecule has 0 N–H and O–H groups in total. The topological polar surface area (TPSA) is 93.2 Å². The maximum atomic E-state index is 13.1. The van der Waals surface area contributed by atoms with E-state index >= 15 is 0 Å². The van der Waals surface area contributed by atoms with Crippen LogP contribution in [0.15, 0.2) is 24.3 Å². The van der Waals surface area contributed by atoms with Gasteiger partial charge in [-0.15, -0.1) is 0 Å². The maximum Gasteiger partial charge on any atom is 0.338 e. The maximum absolute atomic E-state index is 13.1. The van der Waals surface area contributed by atoms with E-state index in [1.807, 2.05) is 11.8 Å². The number of unbranched alkanes of at least 4 members (excludes halogenated alkanes) is 1. The van der Waals surface area contributed by atoms with E-state index < -0.39 is 12.0 Å². The van der Waals surface area contributed by atoms with Crippen molar-refractivity contribution in [2.45, 2.75) is 52.0 Å². The summed E-state index contributed by atoms with van der Waals surface area (Å²) in [4.78, 5) is 53.0. The Hall–Kier alpha value is -2.74. The van der Waals surface area contributed by atoms with Gasteiger partial charge in [0.1, 0.15) is 0 Å². The summed E-state index contributed by atoms with van der Waals surface area (Å²) in [5.41, 5.74) is 0.811. The fraction of sp³-hybridized carbons (Fsp3) is 0.565. The average molecular weight is 431 g/mol. The molecule has 2 amide bonds. The van der Waals surface area contributed by atoms with Crippen LogP contribution in [0.2, 0.25) is 0 Å². The van der Waals surface area contributed by atoms with E-state index in [4.69, 9.17) is 9.47 Å². The molecule has 0 aliphatic carbocycles.